The maximum Gasteiger partial charge on any atom is 0.138 e. The van der Waals surface area contributed by atoms with E-state index in [9.17, 15) is 0 Å². The molecule has 0 amide bonds. The molecule has 70 valence electrons. The number of methoxy groups -OCH3 is 2. The minimum Gasteiger partial charge on any atom is -0.499 e. The molecule has 0 heterocycles. The lowest BCUT2D eigenvalue weighted by molar-refractivity contribution is 0.0797. The van der Waals surface area contributed by atoms with E-state index in [1.54, 1.807) is 14.2 Å². The van der Waals surface area contributed by atoms with Crippen molar-refractivity contribution < 1.29 is 9.47 Å². The van der Waals surface area contributed by atoms with E-state index in [0.29, 0.717) is 5.76 Å². The summed E-state index contributed by atoms with van der Waals surface area (Å²) in [6.07, 6.45) is -0.175. The van der Waals surface area contributed by atoms with Crippen molar-refractivity contribution >= 4 is 0 Å². The van der Waals surface area contributed by atoms with Gasteiger partial charge in [0.2, 0.25) is 0 Å². The molecule has 0 aliphatic rings. The van der Waals surface area contributed by atoms with Gasteiger partial charge in [0.15, 0.2) is 0 Å². The van der Waals surface area contributed by atoms with E-state index in [1.807, 2.05) is 30.3 Å². The SMILES string of the molecule is C=C(OC)[C@@H](OC)c1ccccc1. The second-order valence-corrected chi connectivity index (χ2v) is 2.70. The number of rotatable bonds is 4. The fourth-order valence-corrected chi connectivity index (χ4v) is 1.19. The first-order chi connectivity index (χ1) is 6.29. The summed E-state index contributed by atoms with van der Waals surface area (Å²) in [5.74, 6) is 0.619. The first kappa shape index (κ1) is 9.81. The van der Waals surface area contributed by atoms with Crippen LogP contribution in [0.15, 0.2) is 42.7 Å². The molecule has 0 unspecified atom stereocenters. The Hall–Kier alpha value is -1.28. The van der Waals surface area contributed by atoms with Crippen LogP contribution in [0.5, 0.6) is 0 Å². The highest BCUT2D eigenvalue weighted by atomic mass is 16.5. The zero-order chi connectivity index (χ0) is 9.68. The number of ether oxygens (including phenoxy) is 2. The zero-order valence-electron chi connectivity index (χ0n) is 7.99. The van der Waals surface area contributed by atoms with Crippen LogP contribution in [0.25, 0.3) is 0 Å². The maximum absolute atomic E-state index is 5.26. The van der Waals surface area contributed by atoms with Gasteiger partial charge in [-0.15, -0.1) is 0 Å². The van der Waals surface area contributed by atoms with Crippen molar-refractivity contribution in [2.45, 2.75) is 6.10 Å². The van der Waals surface area contributed by atoms with E-state index in [4.69, 9.17) is 9.47 Å². The monoisotopic (exact) mass is 178 g/mol. The normalized spacial score (nSPS) is 12.2. The van der Waals surface area contributed by atoms with Crippen LogP contribution in [-0.2, 0) is 9.47 Å². The highest BCUT2D eigenvalue weighted by molar-refractivity contribution is 5.22. The number of benzene rings is 1. The second kappa shape index (κ2) is 4.67. The summed E-state index contributed by atoms with van der Waals surface area (Å²) in [6, 6.07) is 9.86. The lowest BCUT2D eigenvalue weighted by Crippen LogP contribution is -2.05. The van der Waals surface area contributed by atoms with Gasteiger partial charge in [-0.05, 0) is 5.56 Å². The van der Waals surface area contributed by atoms with Gasteiger partial charge in [-0.25, -0.2) is 0 Å². The van der Waals surface area contributed by atoms with Gasteiger partial charge in [-0.2, -0.15) is 0 Å². The van der Waals surface area contributed by atoms with Crippen molar-refractivity contribution in [1.82, 2.24) is 0 Å². The summed E-state index contributed by atoms with van der Waals surface area (Å²) >= 11 is 0. The molecule has 0 aliphatic heterocycles. The van der Waals surface area contributed by atoms with E-state index in [2.05, 4.69) is 6.58 Å². The minimum atomic E-state index is -0.175. The Kier molecular flexibility index (Phi) is 3.53. The quantitative estimate of drug-likeness (QED) is 0.659. The van der Waals surface area contributed by atoms with Crippen LogP contribution < -0.4 is 0 Å². The molecular weight excluding hydrogens is 164 g/mol. The predicted molar refractivity (Wildman–Crippen MR) is 52.3 cm³/mol. The molecule has 0 saturated heterocycles. The van der Waals surface area contributed by atoms with E-state index < -0.39 is 0 Å². The lowest BCUT2D eigenvalue weighted by atomic mass is 10.1. The van der Waals surface area contributed by atoms with Gasteiger partial charge in [0.1, 0.15) is 11.9 Å². The van der Waals surface area contributed by atoms with Crippen molar-refractivity contribution in [1.29, 1.82) is 0 Å². The van der Waals surface area contributed by atoms with Gasteiger partial charge in [0.25, 0.3) is 0 Å². The first-order valence-corrected chi connectivity index (χ1v) is 4.10. The van der Waals surface area contributed by atoms with Crippen molar-refractivity contribution in [3.05, 3.63) is 48.2 Å². The Balaban J connectivity index is 2.85. The van der Waals surface area contributed by atoms with Crippen molar-refractivity contribution in [3.63, 3.8) is 0 Å². The zero-order valence-corrected chi connectivity index (χ0v) is 7.99. The molecule has 0 fully saturated rings. The molecule has 0 aliphatic carbocycles. The van der Waals surface area contributed by atoms with Crippen LogP contribution in [0.1, 0.15) is 11.7 Å². The highest BCUT2D eigenvalue weighted by Crippen LogP contribution is 2.23. The molecule has 0 radical (unpaired) electrons. The Bertz CT molecular complexity index is 267. The van der Waals surface area contributed by atoms with Crippen molar-refractivity contribution in [2.75, 3.05) is 14.2 Å². The molecule has 1 aromatic rings. The van der Waals surface area contributed by atoms with E-state index in [-0.39, 0.29) is 6.10 Å². The largest absolute Gasteiger partial charge is 0.499 e. The summed E-state index contributed by atoms with van der Waals surface area (Å²) in [6.45, 7) is 3.77. The third kappa shape index (κ3) is 2.33. The Morgan fingerprint density at radius 2 is 1.85 bits per heavy atom. The molecule has 0 spiro atoms. The van der Waals surface area contributed by atoms with Crippen LogP contribution >= 0.6 is 0 Å². The summed E-state index contributed by atoms with van der Waals surface area (Å²) in [5.41, 5.74) is 1.05. The fraction of sp³-hybridized carbons (Fsp3) is 0.273. The second-order valence-electron chi connectivity index (χ2n) is 2.70. The molecule has 1 rings (SSSR count). The average molecular weight is 178 g/mol. The maximum atomic E-state index is 5.26. The van der Waals surface area contributed by atoms with Crippen molar-refractivity contribution in [2.24, 2.45) is 0 Å². The third-order valence-electron chi connectivity index (χ3n) is 1.89. The Labute approximate surface area is 78.8 Å². The number of hydrogen-bond acceptors (Lipinski definition) is 2. The van der Waals surface area contributed by atoms with Gasteiger partial charge in [-0.1, -0.05) is 36.9 Å². The molecule has 1 aromatic carbocycles. The summed E-state index contributed by atoms with van der Waals surface area (Å²) < 4.78 is 10.3. The van der Waals surface area contributed by atoms with E-state index in [1.165, 1.54) is 0 Å². The molecule has 1 atom stereocenters. The molecule has 0 saturated carbocycles. The van der Waals surface area contributed by atoms with E-state index in [0.717, 1.165) is 5.56 Å². The summed E-state index contributed by atoms with van der Waals surface area (Å²) in [5, 5.41) is 0. The predicted octanol–water partition coefficient (Wildman–Crippen LogP) is 2.53. The fourth-order valence-electron chi connectivity index (χ4n) is 1.19. The topological polar surface area (TPSA) is 18.5 Å². The molecule has 13 heavy (non-hydrogen) atoms. The third-order valence-corrected chi connectivity index (χ3v) is 1.89. The van der Waals surface area contributed by atoms with Crippen LogP contribution in [0.4, 0.5) is 0 Å². The standard InChI is InChI=1S/C11H14O2/c1-9(12-2)11(13-3)10-7-5-4-6-8-10/h4-8,11H,1H2,2-3H3/t11-/m1/s1. The lowest BCUT2D eigenvalue weighted by Gasteiger charge is -2.16. The molecule has 0 aromatic heterocycles. The molecule has 2 nitrogen and oxygen atoms in total. The number of hydrogen-bond donors (Lipinski definition) is 0. The Morgan fingerprint density at radius 3 is 2.31 bits per heavy atom. The van der Waals surface area contributed by atoms with Gasteiger partial charge in [0, 0.05) is 7.11 Å². The highest BCUT2D eigenvalue weighted by Gasteiger charge is 2.13. The molecule has 0 bridgehead atoms. The van der Waals surface area contributed by atoms with Crippen LogP contribution in [0.3, 0.4) is 0 Å². The van der Waals surface area contributed by atoms with Gasteiger partial charge >= 0.3 is 0 Å². The molecule has 2 heteroatoms. The van der Waals surface area contributed by atoms with E-state index >= 15 is 0 Å². The minimum absolute atomic E-state index is 0.175. The van der Waals surface area contributed by atoms with Gasteiger partial charge in [-0.3, -0.25) is 0 Å². The Morgan fingerprint density at radius 1 is 1.23 bits per heavy atom. The van der Waals surface area contributed by atoms with Crippen LogP contribution in [0, 0.1) is 0 Å². The summed E-state index contributed by atoms with van der Waals surface area (Å²) in [4.78, 5) is 0. The van der Waals surface area contributed by atoms with Crippen LogP contribution in [0.2, 0.25) is 0 Å². The molecule has 0 N–H and O–H groups in total. The smallest absolute Gasteiger partial charge is 0.138 e. The average Bonchev–Trinajstić information content (AvgIpc) is 2.20. The van der Waals surface area contributed by atoms with Gasteiger partial charge < -0.3 is 9.47 Å². The van der Waals surface area contributed by atoms with Crippen molar-refractivity contribution in [3.8, 4) is 0 Å². The molecular formula is C11H14O2. The van der Waals surface area contributed by atoms with Crippen LogP contribution in [-0.4, -0.2) is 14.2 Å². The van der Waals surface area contributed by atoms with Gasteiger partial charge in [0.05, 0.1) is 7.11 Å². The first-order valence-electron chi connectivity index (χ1n) is 4.10. The summed E-state index contributed by atoms with van der Waals surface area (Å²) in [7, 11) is 3.24.